The van der Waals surface area contributed by atoms with Gasteiger partial charge in [0.05, 0.1) is 0 Å². The first kappa shape index (κ1) is 74.4. The van der Waals surface area contributed by atoms with Gasteiger partial charge in [-0.05, 0) is 83.5 Å². The Morgan fingerprint density at radius 2 is 0.468 bits per heavy atom. The summed E-state index contributed by atoms with van der Waals surface area (Å²) in [6.07, 6.45) is 82.7. The van der Waals surface area contributed by atoms with E-state index in [1.54, 1.807) is 0 Å². The van der Waals surface area contributed by atoms with E-state index < -0.39 is 6.10 Å². The number of hydrogen-bond acceptors (Lipinski definition) is 6. The first-order valence-corrected chi connectivity index (χ1v) is 34.1. The SMILES string of the molecule is CCCCCCC/C=C\C/C=C\C/C=C\CCCCCCCCCCCCCCC(=O)OCC(COC(=O)CCCCCCCCCCCCCCCC)OC(=O)CCCCCCCCC/C=C\CCCCCCCCC. The van der Waals surface area contributed by atoms with Crippen molar-refractivity contribution in [2.75, 3.05) is 13.2 Å². The highest BCUT2D eigenvalue weighted by molar-refractivity contribution is 5.71. The number of allylic oxidation sites excluding steroid dienone is 8. The van der Waals surface area contributed by atoms with Gasteiger partial charge in [0.25, 0.3) is 0 Å². The molecule has 0 saturated heterocycles. The molecular weight excluding hydrogens is 949 g/mol. The molecule has 450 valence electrons. The number of carbonyl (C=O) groups excluding carboxylic acids is 3. The molecule has 0 amide bonds. The van der Waals surface area contributed by atoms with Gasteiger partial charge in [-0.1, -0.05) is 313 Å². The average Bonchev–Trinajstić information content (AvgIpc) is 3.43. The third kappa shape index (κ3) is 64.1. The number of esters is 3. The normalized spacial score (nSPS) is 12.3. The highest BCUT2D eigenvalue weighted by Crippen LogP contribution is 2.17. The maximum atomic E-state index is 12.9. The quantitative estimate of drug-likeness (QED) is 0.0261. The third-order valence-corrected chi connectivity index (χ3v) is 15.3. The molecular formula is C71H130O6. The van der Waals surface area contributed by atoms with Crippen LogP contribution in [-0.4, -0.2) is 37.2 Å². The Kier molecular flexibility index (Phi) is 63.6. The summed E-state index contributed by atoms with van der Waals surface area (Å²) in [7, 11) is 0. The standard InChI is InChI=1S/C71H130O6/c1-4-7-10-13-16-19-22-25-28-30-32-33-34-35-36-37-38-39-40-42-43-46-49-52-55-58-61-64-70(73)76-67-68(66-75-69(72)63-60-57-54-51-48-45-27-24-21-18-15-12-9-6-3)77-71(74)65-62-59-56-53-50-47-44-41-31-29-26-23-20-17-14-11-8-5-2/h22,25,29-32,34-35,68H,4-21,23-24,26-28,33,36-67H2,1-3H3/b25-22-,31-29-,32-30-,35-34-. The second-order valence-corrected chi connectivity index (χ2v) is 23.1. The van der Waals surface area contributed by atoms with Gasteiger partial charge in [0, 0.05) is 19.3 Å². The van der Waals surface area contributed by atoms with Crippen LogP contribution in [0.5, 0.6) is 0 Å². The second kappa shape index (κ2) is 65.9. The van der Waals surface area contributed by atoms with E-state index in [1.165, 1.54) is 257 Å². The summed E-state index contributed by atoms with van der Waals surface area (Å²) in [6, 6.07) is 0. The maximum absolute atomic E-state index is 12.9. The highest BCUT2D eigenvalue weighted by Gasteiger charge is 2.19. The Labute approximate surface area is 479 Å². The lowest BCUT2D eigenvalue weighted by Crippen LogP contribution is -2.30. The van der Waals surface area contributed by atoms with Gasteiger partial charge in [0.15, 0.2) is 6.10 Å². The van der Waals surface area contributed by atoms with Crippen LogP contribution in [0.4, 0.5) is 0 Å². The van der Waals surface area contributed by atoms with Crippen LogP contribution < -0.4 is 0 Å². The van der Waals surface area contributed by atoms with Crippen LogP contribution in [-0.2, 0) is 28.6 Å². The minimum atomic E-state index is -0.775. The predicted octanol–water partition coefficient (Wildman–Crippen LogP) is 23.3. The Morgan fingerprint density at radius 1 is 0.260 bits per heavy atom. The lowest BCUT2D eigenvalue weighted by molar-refractivity contribution is -0.167. The minimum Gasteiger partial charge on any atom is -0.462 e. The summed E-state index contributed by atoms with van der Waals surface area (Å²) in [4.78, 5) is 38.4. The van der Waals surface area contributed by atoms with Gasteiger partial charge in [-0.25, -0.2) is 0 Å². The van der Waals surface area contributed by atoms with Gasteiger partial charge in [-0.15, -0.1) is 0 Å². The van der Waals surface area contributed by atoms with Gasteiger partial charge < -0.3 is 14.2 Å². The van der Waals surface area contributed by atoms with Crippen LogP contribution in [0.1, 0.15) is 367 Å². The summed E-state index contributed by atoms with van der Waals surface area (Å²) >= 11 is 0. The molecule has 0 aliphatic heterocycles. The summed E-state index contributed by atoms with van der Waals surface area (Å²) < 4.78 is 17.0. The molecule has 0 rings (SSSR count). The monoisotopic (exact) mass is 1080 g/mol. The first-order valence-electron chi connectivity index (χ1n) is 34.1. The van der Waals surface area contributed by atoms with E-state index in [0.29, 0.717) is 19.3 Å². The van der Waals surface area contributed by atoms with Crippen LogP contribution in [0.15, 0.2) is 48.6 Å². The number of ether oxygens (including phenoxy) is 3. The van der Waals surface area contributed by atoms with E-state index >= 15 is 0 Å². The topological polar surface area (TPSA) is 78.9 Å². The van der Waals surface area contributed by atoms with E-state index in [4.69, 9.17) is 14.2 Å². The van der Waals surface area contributed by atoms with Gasteiger partial charge >= 0.3 is 17.9 Å². The molecule has 0 aromatic carbocycles. The molecule has 0 N–H and O–H groups in total. The molecule has 0 saturated carbocycles. The first-order chi connectivity index (χ1) is 38.0. The van der Waals surface area contributed by atoms with E-state index in [-0.39, 0.29) is 31.1 Å². The molecule has 0 aliphatic rings. The van der Waals surface area contributed by atoms with Crippen molar-refractivity contribution in [3.05, 3.63) is 48.6 Å². The Balaban J connectivity index is 4.26. The fourth-order valence-electron chi connectivity index (χ4n) is 10.2. The predicted molar refractivity (Wildman–Crippen MR) is 335 cm³/mol. The largest absolute Gasteiger partial charge is 0.462 e. The molecule has 0 aromatic heterocycles. The van der Waals surface area contributed by atoms with Gasteiger partial charge in [0.1, 0.15) is 13.2 Å². The molecule has 1 unspecified atom stereocenters. The number of carbonyl (C=O) groups is 3. The molecule has 6 heteroatoms. The molecule has 0 radical (unpaired) electrons. The average molecular weight is 1080 g/mol. The van der Waals surface area contributed by atoms with Crippen LogP contribution in [0, 0.1) is 0 Å². The maximum Gasteiger partial charge on any atom is 0.306 e. The second-order valence-electron chi connectivity index (χ2n) is 23.1. The zero-order chi connectivity index (χ0) is 55.7. The molecule has 0 bridgehead atoms. The number of hydrogen-bond donors (Lipinski definition) is 0. The van der Waals surface area contributed by atoms with Gasteiger partial charge in [-0.2, -0.15) is 0 Å². The summed E-state index contributed by atoms with van der Waals surface area (Å²) in [5.74, 6) is -0.853. The van der Waals surface area contributed by atoms with Crippen LogP contribution in [0.3, 0.4) is 0 Å². The zero-order valence-corrected chi connectivity index (χ0v) is 51.7. The molecule has 0 fully saturated rings. The molecule has 6 nitrogen and oxygen atoms in total. The third-order valence-electron chi connectivity index (χ3n) is 15.3. The Morgan fingerprint density at radius 3 is 0.740 bits per heavy atom. The molecule has 0 spiro atoms. The van der Waals surface area contributed by atoms with Crippen molar-refractivity contribution < 1.29 is 28.6 Å². The zero-order valence-electron chi connectivity index (χ0n) is 51.7. The summed E-state index contributed by atoms with van der Waals surface area (Å²) in [5.41, 5.74) is 0. The molecule has 0 heterocycles. The minimum absolute atomic E-state index is 0.0708. The van der Waals surface area contributed by atoms with E-state index in [2.05, 4.69) is 69.4 Å². The van der Waals surface area contributed by atoms with Gasteiger partial charge in [-0.3, -0.25) is 14.4 Å². The van der Waals surface area contributed by atoms with Crippen molar-refractivity contribution in [1.29, 1.82) is 0 Å². The molecule has 0 aromatic rings. The smallest absolute Gasteiger partial charge is 0.306 e. The molecule has 0 aliphatic carbocycles. The van der Waals surface area contributed by atoms with E-state index in [0.717, 1.165) is 70.6 Å². The van der Waals surface area contributed by atoms with Crippen molar-refractivity contribution in [3.8, 4) is 0 Å². The molecule has 77 heavy (non-hydrogen) atoms. The lowest BCUT2D eigenvalue weighted by Gasteiger charge is -2.18. The summed E-state index contributed by atoms with van der Waals surface area (Å²) in [6.45, 7) is 6.68. The van der Waals surface area contributed by atoms with E-state index in [1.807, 2.05) is 0 Å². The Hall–Kier alpha value is -2.63. The number of unbranched alkanes of at least 4 members (excludes halogenated alkanes) is 44. The van der Waals surface area contributed by atoms with Crippen LogP contribution >= 0.6 is 0 Å². The van der Waals surface area contributed by atoms with Crippen molar-refractivity contribution in [2.45, 2.75) is 374 Å². The van der Waals surface area contributed by atoms with Crippen LogP contribution in [0.2, 0.25) is 0 Å². The van der Waals surface area contributed by atoms with Crippen molar-refractivity contribution >= 4 is 17.9 Å². The van der Waals surface area contributed by atoms with Crippen molar-refractivity contribution in [3.63, 3.8) is 0 Å². The molecule has 1 atom stereocenters. The lowest BCUT2D eigenvalue weighted by atomic mass is 10.0. The fourth-order valence-corrected chi connectivity index (χ4v) is 10.2. The van der Waals surface area contributed by atoms with Crippen molar-refractivity contribution in [2.24, 2.45) is 0 Å². The van der Waals surface area contributed by atoms with E-state index in [9.17, 15) is 14.4 Å². The highest BCUT2D eigenvalue weighted by atomic mass is 16.6. The summed E-state index contributed by atoms with van der Waals surface area (Å²) in [5, 5.41) is 0. The fraction of sp³-hybridized carbons (Fsp3) is 0.845. The Bertz CT molecular complexity index is 1330. The van der Waals surface area contributed by atoms with Gasteiger partial charge in [0.2, 0.25) is 0 Å². The van der Waals surface area contributed by atoms with Crippen LogP contribution in [0.25, 0.3) is 0 Å². The number of rotatable bonds is 63. The van der Waals surface area contributed by atoms with Crippen molar-refractivity contribution in [1.82, 2.24) is 0 Å².